The quantitative estimate of drug-likeness (QED) is 0.230. The molecule has 0 unspecified atom stereocenters. The minimum Gasteiger partial charge on any atom is -0.260 e. The van der Waals surface area contributed by atoms with Crippen molar-refractivity contribution in [3.05, 3.63) is 101 Å². The molecule has 0 saturated carbocycles. The Bertz CT molecular complexity index is 1210. The van der Waals surface area contributed by atoms with E-state index in [2.05, 4.69) is 31.4 Å². The summed E-state index contributed by atoms with van der Waals surface area (Å²) in [7, 11) is -6.28. The minimum atomic E-state index is -3.33. The Morgan fingerprint density at radius 2 is 1.17 bits per heavy atom. The minimum absolute atomic E-state index is 0. The van der Waals surface area contributed by atoms with Crippen LogP contribution in [0.3, 0.4) is 0 Å². The van der Waals surface area contributed by atoms with Crippen LogP contribution in [0.4, 0.5) is 0 Å². The van der Waals surface area contributed by atoms with Crippen LogP contribution < -0.4 is 0 Å². The fourth-order valence-corrected chi connectivity index (χ4v) is 5.08. The molecule has 240 valence electrons. The Labute approximate surface area is 275 Å². The van der Waals surface area contributed by atoms with Crippen LogP contribution in [0.25, 0.3) is 0 Å². The molecule has 7 heteroatoms. The first-order chi connectivity index (χ1) is 19.5. The number of benzene rings is 3. The summed E-state index contributed by atoms with van der Waals surface area (Å²) in [4.78, 5) is 0.687. The molecule has 0 aliphatic carbocycles. The predicted octanol–water partition coefficient (Wildman–Crippen LogP) is 10.2. The molecule has 4 nitrogen and oxygen atoms in total. The van der Waals surface area contributed by atoms with Crippen molar-refractivity contribution in [1.82, 2.24) is 0 Å². The van der Waals surface area contributed by atoms with E-state index < -0.39 is 19.7 Å². The van der Waals surface area contributed by atoms with Gasteiger partial charge >= 0.3 is 21.1 Å². The number of fused-ring (bicyclic) bond motifs is 1. The van der Waals surface area contributed by atoms with E-state index in [1.54, 1.807) is 18.2 Å². The van der Waals surface area contributed by atoms with Gasteiger partial charge in [0.05, 0.1) is 10.6 Å². The summed E-state index contributed by atoms with van der Waals surface area (Å²) in [6.45, 7) is 25.9. The van der Waals surface area contributed by atoms with Crippen LogP contribution in [0, 0.1) is 33.1 Å². The molecule has 0 bridgehead atoms. The van der Waals surface area contributed by atoms with Gasteiger partial charge < -0.3 is 0 Å². The molecule has 0 N–H and O–H groups in total. The second kappa shape index (κ2) is 30.7. The molecule has 1 aliphatic rings. The molecule has 0 atom stereocenters. The maximum Gasteiger partial charge on any atom is 2.00 e. The van der Waals surface area contributed by atoms with Gasteiger partial charge in [-0.25, -0.2) is 14.7 Å². The van der Waals surface area contributed by atoms with Crippen molar-refractivity contribution in [3.63, 3.8) is 0 Å². The Kier molecular flexibility index (Phi) is 36.5. The summed E-state index contributed by atoms with van der Waals surface area (Å²) in [5.74, 6) is 0.309. The zero-order valence-corrected chi connectivity index (χ0v) is 33.1. The number of rotatable bonds is 1. The van der Waals surface area contributed by atoms with Gasteiger partial charge in [0, 0.05) is 9.84 Å². The summed E-state index contributed by atoms with van der Waals surface area (Å²) < 4.78 is 44.8. The zero-order valence-electron chi connectivity index (χ0n) is 28.5. The van der Waals surface area contributed by atoms with Gasteiger partial charge in [-0.2, -0.15) is 29.8 Å². The molecule has 0 fully saturated rings. The van der Waals surface area contributed by atoms with Gasteiger partial charge in [-0.1, -0.05) is 135 Å². The van der Waals surface area contributed by atoms with Crippen LogP contribution in [-0.2, 0) is 47.2 Å². The second-order valence-electron chi connectivity index (χ2n) is 7.53. The molecular formula is C35H58O4S2W. The SMILES string of the molecule is CC.CC.CC.CC.CC.Cc1ccc2c(c1)CCCS2(=O)=O.Cc1ccccc1.[CH2-]S(=O)(=O)c1[c-]cc(C)cc1.[W+2]. The smallest absolute Gasteiger partial charge is 0.260 e. The first-order valence-electron chi connectivity index (χ1n) is 14.9. The standard InChI is InChI=1S/C10H12O2S.C8H8O2S.C7H8.5C2H6.W/c1-8-4-5-10-9(7-8)3-2-6-13(10,11)12;1-7-3-5-8(6-4-7)11(2,9)10;1-7-5-3-2-4-6-7;5*1-2;/h4-5,7H,2-3,6H2,1H3;3-5H,2H2,1H3;2-6H,1H3;5*1-2H3;/q;-2;;;;;;;+2. The van der Waals surface area contributed by atoms with Crippen molar-refractivity contribution in [3.8, 4) is 0 Å². The van der Waals surface area contributed by atoms with Crippen LogP contribution in [0.1, 0.15) is 97.9 Å². The normalized spacial score (nSPS) is 11.2. The summed E-state index contributed by atoms with van der Waals surface area (Å²) >= 11 is 0. The summed E-state index contributed by atoms with van der Waals surface area (Å²) in [6.07, 6.45) is 4.67. The zero-order chi connectivity index (χ0) is 33.1. The molecule has 0 amide bonds. The van der Waals surface area contributed by atoms with E-state index in [0.29, 0.717) is 10.6 Å². The van der Waals surface area contributed by atoms with Crippen molar-refractivity contribution in [2.75, 3.05) is 5.75 Å². The van der Waals surface area contributed by atoms with Gasteiger partial charge in [-0.05, 0) is 38.3 Å². The van der Waals surface area contributed by atoms with E-state index in [1.165, 1.54) is 11.6 Å². The Morgan fingerprint density at radius 1 is 0.690 bits per heavy atom. The van der Waals surface area contributed by atoms with Crippen LogP contribution in [0.15, 0.2) is 76.5 Å². The largest absolute Gasteiger partial charge is 2.00 e. The second-order valence-corrected chi connectivity index (χ2v) is 11.3. The van der Waals surface area contributed by atoms with Gasteiger partial charge in [0.25, 0.3) is 0 Å². The molecular weight excluding hydrogens is 732 g/mol. The number of hydrogen-bond acceptors (Lipinski definition) is 4. The molecule has 1 aliphatic heterocycles. The van der Waals surface area contributed by atoms with E-state index in [9.17, 15) is 16.8 Å². The van der Waals surface area contributed by atoms with Gasteiger partial charge in [0.1, 0.15) is 0 Å². The molecule has 0 aromatic heterocycles. The monoisotopic (exact) mass is 790 g/mol. The van der Waals surface area contributed by atoms with Gasteiger partial charge in [-0.15, -0.1) is 0 Å². The Hall–Kier alpha value is -1.75. The van der Waals surface area contributed by atoms with E-state index >= 15 is 0 Å². The van der Waals surface area contributed by atoms with Crippen LogP contribution >= 0.6 is 0 Å². The fraction of sp³-hybridized carbons (Fsp3) is 0.457. The number of hydrogen-bond donors (Lipinski definition) is 0. The molecule has 42 heavy (non-hydrogen) atoms. The predicted molar refractivity (Wildman–Crippen MR) is 182 cm³/mol. The van der Waals surface area contributed by atoms with Crippen LogP contribution in [0.2, 0.25) is 0 Å². The first-order valence-corrected chi connectivity index (χ1v) is 18.2. The third-order valence-corrected chi connectivity index (χ3v) is 7.44. The Morgan fingerprint density at radius 3 is 1.55 bits per heavy atom. The van der Waals surface area contributed by atoms with E-state index in [0.717, 1.165) is 29.5 Å². The molecule has 3 aromatic carbocycles. The molecule has 4 rings (SSSR count). The Balaban J connectivity index is -0.000000143. The molecule has 0 spiro atoms. The third kappa shape index (κ3) is 22.8. The van der Waals surface area contributed by atoms with Gasteiger partial charge in [-0.3, -0.25) is 8.42 Å². The van der Waals surface area contributed by atoms with Crippen LogP contribution in [0.5, 0.6) is 0 Å². The van der Waals surface area contributed by atoms with Gasteiger partial charge in [0.15, 0.2) is 9.84 Å². The maximum atomic E-state index is 11.6. The van der Waals surface area contributed by atoms with Crippen molar-refractivity contribution < 1.29 is 37.9 Å². The van der Waals surface area contributed by atoms with Crippen molar-refractivity contribution in [2.45, 2.75) is 113 Å². The summed E-state index contributed by atoms with van der Waals surface area (Å²) in [6, 6.07) is 23.3. The summed E-state index contributed by atoms with van der Waals surface area (Å²) in [5, 5.41) is 0. The average Bonchev–Trinajstić information content (AvgIpc) is 2.99. The third-order valence-electron chi connectivity index (χ3n) is 4.63. The fourth-order valence-electron chi connectivity index (χ4n) is 2.99. The molecule has 0 radical (unpaired) electrons. The van der Waals surface area contributed by atoms with Crippen molar-refractivity contribution in [1.29, 1.82) is 0 Å². The van der Waals surface area contributed by atoms with Crippen molar-refractivity contribution in [2.24, 2.45) is 0 Å². The van der Waals surface area contributed by atoms with Crippen LogP contribution in [-0.4, -0.2) is 22.6 Å². The topological polar surface area (TPSA) is 68.3 Å². The number of sulfone groups is 2. The summed E-state index contributed by atoms with van der Waals surface area (Å²) in [5.41, 5.74) is 4.43. The maximum absolute atomic E-state index is 11.6. The first kappa shape index (κ1) is 49.9. The van der Waals surface area contributed by atoms with E-state index in [4.69, 9.17) is 0 Å². The molecule has 3 aromatic rings. The molecule has 0 saturated heterocycles. The average molecular weight is 791 g/mol. The number of aryl methyl sites for hydroxylation is 4. The van der Waals surface area contributed by atoms with E-state index in [1.807, 2.05) is 113 Å². The molecule has 1 heterocycles. The van der Waals surface area contributed by atoms with E-state index in [-0.39, 0.29) is 26.0 Å². The van der Waals surface area contributed by atoms with Crippen molar-refractivity contribution >= 4 is 19.7 Å². The van der Waals surface area contributed by atoms with Gasteiger partial charge in [0.2, 0.25) is 0 Å².